The van der Waals surface area contributed by atoms with Gasteiger partial charge in [-0.3, -0.25) is 9.59 Å². The molecule has 2 aliphatic rings. The Morgan fingerprint density at radius 2 is 1.97 bits per heavy atom. The first-order valence-electron chi connectivity index (χ1n) is 10.7. The molecule has 1 heterocycles. The smallest absolute Gasteiger partial charge is 0.319 e. The van der Waals surface area contributed by atoms with Crippen molar-refractivity contribution in [3.05, 3.63) is 30.1 Å². The van der Waals surface area contributed by atoms with Gasteiger partial charge >= 0.3 is 6.03 Å². The average Bonchev–Trinajstić information content (AvgIpc) is 3.56. The largest absolute Gasteiger partial charge is 0.337 e. The summed E-state index contributed by atoms with van der Waals surface area (Å²) in [5, 5.41) is 5.35. The van der Waals surface area contributed by atoms with E-state index in [0.717, 1.165) is 12.8 Å². The van der Waals surface area contributed by atoms with Crippen molar-refractivity contribution < 1.29 is 18.8 Å². The Balaban J connectivity index is 1.62. The van der Waals surface area contributed by atoms with Gasteiger partial charge in [-0.1, -0.05) is 26.3 Å². The third-order valence-corrected chi connectivity index (χ3v) is 6.00. The molecule has 2 N–H and O–H groups in total. The SMILES string of the molecule is CCC(C)C(NC(=O)Nc1cccc(F)c1)C(=O)N1CCN(C(=O)C2CC2)C(C)C1. The molecule has 2 fully saturated rings. The maximum Gasteiger partial charge on any atom is 0.319 e. The van der Waals surface area contributed by atoms with E-state index in [1.54, 1.807) is 11.0 Å². The van der Waals surface area contributed by atoms with Crippen LogP contribution in [-0.2, 0) is 9.59 Å². The summed E-state index contributed by atoms with van der Waals surface area (Å²) in [5.41, 5.74) is 0.323. The number of hydrogen-bond donors (Lipinski definition) is 2. The van der Waals surface area contributed by atoms with Crippen LogP contribution in [0.4, 0.5) is 14.9 Å². The molecular weight excluding hydrogens is 387 g/mol. The van der Waals surface area contributed by atoms with Crippen molar-refractivity contribution in [2.45, 2.75) is 52.1 Å². The fraction of sp³-hybridized carbons (Fsp3) is 0.591. The van der Waals surface area contributed by atoms with E-state index in [-0.39, 0.29) is 29.7 Å². The standard InChI is InChI=1S/C22H31FN4O3/c1-4-14(2)19(25-22(30)24-18-7-5-6-17(23)12-18)21(29)26-10-11-27(15(3)13-26)20(28)16-8-9-16/h5-7,12,14-16,19H,4,8-11,13H2,1-3H3,(H2,24,25,30). The van der Waals surface area contributed by atoms with Crippen molar-refractivity contribution in [1.29, 1.82) is 0 Å². The maximum absolute atomic E-state index is 13.4. The normalized spacial score (nSPS) is 21.0. The van der Waals surface area contributed by atoms with Crippen LogP contribution in [0.2, 0.25) is 0 Å². The quantitative estimate of drug-likeness (QED) is 0.745. The molecule has 7 nitrogen and oxygen atoms in total. The van der Waals surface area contributed by atoms with E-state index in [4.69, 9.17) is 0 Å². The molecule has 8 heteroatoms. The lowest BCUT2D eigenvalue weighted by Crippen LogP contribution is -2.60. The maximum atomic E-state index is 13.4. The second-order valence-electron chi connectivity index (χ2n) is 8.41. The number of carbonyl (C=O) groups is 3. The van der Waals surface area contributed by atoms with E-state index in [2.05, 4.69) is 10.6 Å². The van der Waals surface area contributed by atoms with E-state index in [1.807, 2.05) is 25.7 Å². The van der Waals surface area contributed by atoms with Crippen molar-refractivity contribution >= 4 is 23.5 Å². The van der Waals surface area contributed by atoms with Crippen molar-refractivity contribution in [3.63, 3.8) is 0 Å². The molecule has 30 heavy (non-hydrogen) atoms. The van der Waals surface area contributed by atoms with E-state index in [9.17, 15) is 18.8 Å². The number of urea groups is 1. The summed E-state index contributed by atoms with van der Waals surface area (Å²) in [4.78, 5) is 41.7. The van der Waals surface area contributed by atoms with Crippen LogP contribution >= 0.6 is 0 Å². The third-order valence-electron chi connectivity index (χ3n) is 6.00. The number of carbonyl (C=O) groups excluding carboxylic acids is 3. The average molecular weight is 419 g/mol. The predicted octanol–water partition coefficient (Wildman–Crippen LogP) is 2.83. The molecule has 1 aromatic carbocycles. The van der Waals surface area contributed by atoms with Gasteiger partial charge in [0.25, 0.3) is 0 Å². The van der Waals surface area contributed by atoms with Gasteiger partial charge in [-0.05, 0) is 43.9 Å². The highest BCUT2D eigenvalue weighted by Gasteiger charge is 2.39. The molecule has 0 bridgehead atoms. The summed E-state index contributed by atoms with van der Waals surface area (Å²) < 4.78 is 13.4. The molecule has 1 aromatic rings. The molecule has 0 aromatic heterocycles. The number of piperazine rings is 1. The molecule has 1 saturated carbocycles. The number of amides is 4. The third kappa shape index (κ3) is 5.29. The van der Waals surface area contributed by atoms with Gasteiger partial charge < -0.3 is 20.4 Å². The van der Waals surface area contributed by atoms with Crippen LogP contribution in [0.1, 0.15) is 40.0 Å². The van der Waals surface area contributed by atoms with Crippen molar-refractivity contribution in [2.24, 2.45) is 11.8 Å². The molecule has 1 aliphatic heterocycles. The van der Waals surface area contributed by atoms with Crippen molar-refractivity contribution in [3.8, 4) is 0 Å². The predicted molar refractivity (Wildman–Crippen MR) is 112 cm³/mol. The second-order valence-corrected chi connectivity index (χ2v) is 8.41. The first kappa shape index (κ1) is 22.1. The Labute approximate surface area is 177 Å². The number of hydrogen-bond acceptors (Lipinski definition) is 3. The number of anilines is 1. The Morgan fingerprint density at radius 3 is 2.57 bits per heavy atom. The first-order valence-corrected chi connectivity index (χ1v) is 10.7. The molecular formula is C22H31FN4O3. The highest BCUT2D eigenvalue weighted by molar-refractivity contribution is 5.94. The molecule has 1 saturated heterocycles. The highest BCUT2D eigenvalue weighted by Crippen LogP contribution is 2.32. The first-order chi connectivity index (χ1) is 14.3. The molecule has 0 spiro atoms. The van der Waals surface area contributed by atoms with Crippen LogP contribution in [0.25, 0.3) is 0 Å². The number of halogens is 1. The topological polar surface area (TPSA) is 81.8 Å². The zero-order chi connectivity index (χ0) is 21.8. The number of benzene rings is 1. The van der Waals surface area contributed by atoms with Gasteiger partial charge in [0.05, 0.1) is 0 Å². The summed E-state index contributed by atoms with van der Waals surface area (Å²) in [6.07, 6.45) is 2.64. The number of rotatable bonds is 6. The van der Waals surface area contributed by atoms with Crippen LogP contribution in [0.15, 0.2) is 24.3 Å². The number of nitrogens with one attached hydrogen (secondary N) is 2. The lowest BCUT2D eigenvalue weighted by Gasteiger charge is -2.41. The molecule has 1 aliphatic carbocycles. The van der Waals surface area contributed by atoms with Gasteiger partial charge in [0.1, 0.15) is 11.9 Å². The fourth-order valence-electron chi connectivity index (χ4n) is 3.80. The van der Waals surface area contributed by atoms with Gasteiger partial charge in [-0.15, -0.1) is 0 Å². The zero-order valence-electron chi connectivity index (χ0n) is 17.9. The second kappa shape index (κ2) is 9.45. The minimum atomic E-state index is -0.693. The van der Waals surface area contributed by atoms with Crippen LogP contribution in [0, 0.1) is 17.7 Å². The van der Waals surface area contributed by atoms with Gasteiger partial charge in [-0.2, -0.15) is 0 Å². The molecule has 164 valence electrons. The van der Waals surface area contributed by atoms with Crippen LogP contribution < -0.4 is 10.6 Å². The van der Waals surface area contributed by atoms with Gasteiger partial charge in [-0.25, -0.2) is 9.18 Å². The van der Waals surface area contributed by atoms with Crippen LogP contribution in [0.5, 0.6) is 0 Å². The molecule has 3 atom stereocenters. The Bertz CT molecular complexity index is 798. The Kier molecular flexibility index (Phi) is 6.95. The number of nitrogens with zero attached hydrogens (tertiary/aromatic N) is 2. The molecule has 0 radical (unpaired) electrons. The van der Waals surface area contributed by atoms with Gasteiger partial charge in [0.15, 0.2) is 0 Å². The van der Waals surface area contributed by atoms with E-state index in [0.29, 0.717) is 31.7 Å². The molecule has 3 unspecified atom stereocenters. The van der Waals surface area contributed by atoms with Crippen LogP contribution in [0.3, 0.4) is 0 Å². The van der Waals surface area contributed by atoms with E-state index >= 15 is 0 Å². The Morgan fingerprint density at radius 1 is 1.23 bits per heavy atom. The van der Waals surface area contributed by atoms with Crippen molar-refractivity contribution in [1.82, 2.24) is 15.1 Å². The highest BCUT2D eigenvalue weighted by atomic mass is 19.1. The fourth-order valence-corrected chi connectivity index (χ4v) is 3.80. The van der Waals surface area contributed by atoms with E-state index in [1.165, 1.54) is 18.2 Å². The van der Waals surface area contributed by atoms with Crippen molar-refractivity contribution in [2.75, 3.05) is 25.0 Å². The van der Waals surface area contributed by atoms with Gasteiger partial charge in [0, 0.05) is 37.3 Å². The summed E-state index contributed by atoms with van der Waals surface area (Å²) >= 11 is 0. The minimum Gasteiger partial charge on any atom is -0.337 e. The summed E-state index contributed by atoms with van der Waals surface area (Å²) in [6, 6.07) is 4.32. The van der Waals surface area contributed by atoms with Crippen LogP contribution in [-0.4, -0.2) is 59.4 Å². The lowest BCUT2D eigenvalue weighted by molar-refractivity contribution is -0.144. The molecule has 4 amide bonds. The minimum absolute atomic E-state index is 0.0468. The lowest BCUT2D eigenvalue weighted by atomic mass is 9.97. The summed E-state index contributed by atoms with van der Waals surface area (Å²) in [7, 11) is 0. The molecule has 3 rings (SSSR count). The summed E-state index contributed by atoms with van der Waals surface area (Å²) in [6.45, 7) is 7.28. The summed E-state index contributed by atoms with van der Waals surface area (Å²) in [5.74, 6) is -0.312. The zero-order valence-corrected chi connectivity index (χ0v) is 17.9. The van der Waals surface area contributed by atoms with E-state index < -0.39 is 17.9 Å². The monoisotopic (exact) mass is 418 g/mol. The Hall–Kier alpha value is -2.64. The van der Waals surface area contributed by atoms with Gasteiger partial charge in [0.2, 0.25) is 11.8 Å².